The van der Waals surface area contributed by atoms with Gasteiger partial charge in [0.2, 0.25) is 0 Å². The highest BCUT2D eigenvalue weighted by Crippen LogP contribution is 2.24. The van der Waals surface area contributed by atoms with Gasteiger partial charge in [-0.05, 0) is 26.0 Å². The number of thiazole rings is 1. The van der Waals surface area contributed by atoms with E-state index < -0.39 is 5.97 Å². The quantitative estimate of drug-likeness (QED) is 0.905. The number of hydrogen-bond acceptors (Lipinski definition) is 5. The first-order valence-corrected chi connectivity index (χ1v) is 6.75. The summed E-state index contributed by atoms with van der Waals surface area (Å²) in [6.45, 7) is 3.92. The van der Waals surface area contributed by atoms with Crippen molar-refractivity contribution in [3.63, 3.8) is 0 Å². The lowest BCUT2D eigenvalue weighted by molar-refractivity contribution is 0.0691. The van der Waals surface area contributed by atoms with Gasteiger partial charge in [-0.3, -0.25) is 0 Å². The average Bonchev–Trinajstić information content (AvgIpc) is 2.78. The van der Waals surface area contributed by atoms with E-state index in [9.17, 15) is 4.79 Å². The van der Waals surface area contributed by atoms with Gasteiger partial charge in [0.1, 0.15) is 10.8 Å². The highest BCUT2D eigenvalue weighted by Gasteiger charge is 2.14. The fourth-order valence-corrected chi connectivity index (χ4v) is 2.49. The topological polar surface area (TPSA) is 75.1 Å². The molecule has 2 rings (SSSR count). The van der Waals surface area contributed by atoms with Crippen LogP contribution in [0.3, 0.4) is 0 Å². The fourth-order valence-electron chi connectivity index (χ4n) is 1.53. The molecule has 0 spiro atoms. The minimum atomic E-state index is -1.15. The molecule has 2 N–H and O–H groups in total. The van der Waals surface area contributed by atoms with Crippen LogP contribution in [-0.2, 0) is 0 Å². The molecule has 0 aliphatic heterocycles. The number of halogens is 1. The normalized spacial score (nSPS) is 12.2. The van der Waals surface area contributed by atoms with Crippen LogP contribution >= 0.6 is 22.9 Å². The Morgan fingerprint density at radius 2 is 2.26 bits per heavy atom. The van der Waals surface area contributed by atoms with Crippen LogP contribution in [0.15, 0.2) is 18.3 Å². The number of nitrogens with zero attached hydrogens (tertiary/aromatic N) is 2. The minimum Gasteiger partial charge on any atom is -0.476 e. The van der Waals surface area contributed by atoms with Gasteiger partial charge in [-0.1, -0.05) is 11.6 Å². The monoisotopic (exact) mass is 297 g/mol. The molecular formula is C12H12ClN3O2S. The number of rotatable bonds is 4. The maximum atomic E-state index is 10.9. The summed E-state index contributed by atoms with van der Waals surface area (Å²) in [5.74, 6) is -0.687. The molecule has 0 bridgehead atoms. The van der Waals surface area contributed by atoms with Crippen molar-refractivity contribution in [2.24, 2.45) is 0 Å². The van der Waals surface area contributed by atoms with Crippen LogP contribution in [0.1, 0.15) is 33.3 Å². The lowest BCUT2D eigenvalue weighted by Crippen LogP contribution is -2.10. The van der Waals surface area contributed by atoms with E-state index in [-0.39, 0.29) is 16.8 Å². The first-order valence-electron chi connectivity index (χ1n) is 5.56. The summed E-state index contributed by atoms with van der Waals surface area (Å²) in [5.41, 5.74) is -0.158. The number of aryl methyl sites for hydroxylation is 1. The molecule has 19 heavy (non-hydrogen) atoms. The number of carbonyl (C=O) groups is 1. The molecule has 2 aromatic heterocycles. The second-order valence-electron chi connectivity index (χ2n) is 4.01. The number of pyridine rings is 1. The molecule has 0 fully saturated rings. The molecule has 0 aliphatic rings. The van der Waals surface area contributed by atoms with Gasteiger partial charge < -0.3 is 10.4 Å². The van der Waals surface area contributed by atoms with Gasteiger partial charge in [0.25, 0.3) is 0 Å². The molecule has 0 radical (unpaired) electrons. The average molecular weight is 298 g/mol. The Kier molecular flexibility index (Phi) is 4.01. The van der Waals surface area contributed by atoms with Crippen molar-refractivity contribution >= 4 is 34.7 Å². The molecule has 0 saturated heterocycles. The van der Waals surface area contributed by atoms with Gasteiger partial charge in [-0.25, -0.2) is 14.8 Å². The predicted molar refractivity (Wildman–Crippen MR) is 75.1 cm³/mol. The standard InChI is InChI=1S/C12H12ClN3O2S/c1-6-5-14-11(19-6)7(2)15-9-4-3-8(13)10(16-9)12(17)18/h3-5,7H,1-2H3,(H,15,16)(H,17,18). The third-order valence-electron chi connectivity index (χ3n) is 2.42. The number of aromatic nitrogens is 2. The highest BCUT2D eigenvalue weighted by atomic mass is 35.5. The van der Waals surface area contributed by atoms with E-state index in [4.69, 9.17) is 16.7 Å². The van der Waals surface area contributed by atoms with Gasteiger partial charge in [0, 0.05) is 11.1 Å². The van der Waals surface area contributed by atoms with Crippen molar-refractivity contribution < 1.29 is 9.90 Å². The summed E-state index contributed by atoms with van der Waals surface area (Å²) in [6, 6.07) is 3.11. The van der Waals surface area contributed by atoms with Gasteiger partial charge in [-0.2, -0.15) is 0 Å². The van der Waals surface area contributed by atoms with Crippen LogP contribution < -0.4 is 5.32 Å². The Morgan fingerprint density at radius 3 is 2.84 bits per heavy atom. The van der Waals surface area contributed by atoms with E-state index in [1.165, 1.54) is 6.07 Å². The van der Waals surface area contributed by atoms with Crippen LogP contribution in [0, 0.1) is 6.92 Å². The number of nitrogens with one attached hydrogen (secondary N) is 1. The van der Waals surface area contributed by atoms with Crippen molar-refractivity contribution in [3.05, 3.63) is 38.9 Å². The van der Waals surface area contributed by atoms with Gasteiger partial charge in [-0.15, -0.1) is 11.3 Å². The molecule has 0 aliphatic carbocycles. The Bertz CT molecular complexity index is 615. The molecular weight excluding hydrogens is 286 g/mol. The highest BCUT2D eigenvalue weighted by molar-refractivity contribution is 7.11. The zero-order chi connectivity index (χ0) is 14.0. The maximum Gasteiger partial charge on any atom is 0.356 e. The summed E-state index contributed by atoms with van der Waals surface area (Å²) in [7, 11) is 0. The third-order valence-corrected chi connectivity index (χ3v) is 3.82. The van der Waals surface area contributed by atoms with Crippen molar-refractivity contribution in [2.75, 3.05) is 5.32 Å². The largest absolute Gasteiger partial charge is 0.476 e. The van der Waals surface area contributed by atoms with Crippen LogP contribution in [0.2, 0.25) is 5.02 Å². The molecule has 0 aromatic carbocycles. The van der Waals surface area contributed by atoms with Crippen LogP contribution in [0.4, 0.5) is 5.82 Å². The number of hydrogen-bond donors (Lipinski definition) is 2. The zero-order valence-corrected chi connectivity index (χ0v) is 11.9. The van der Waals surface area contributed by atoms with Gasteiger partial charge in [0.05, 0.1) is 11.1 Å². The van der Waals surface area contributed by atoms with E-state index in [2.05, 4.69) is 15.3 Å². The fraction of sp³-hybridized carbons (Fsp3) is 0.250. The van der Waals surface area contributed by atoms with Crippen molar-refractivity contribution in [2.45, 2.75) is 19.9 Å². The summed E-state index contributed by atoms with van der Waals surface area (Å²) in [5, 5.41) is 13.1. The van der Waals surface area contributed by atoms with Crippen molar-refractivity contribution in [1.29, 1.82) is 0 Å². The van der Waals surface area contributed by atoms with E-state index in [1.54, 1.807) is 23.6 Å². The summed E-state index contributed by atoms with van der Waals surface area (Å²) in [4.78, 5) is 20.3. The molecule has 1 atom stereocenters. The molecule has 0 amide bonds. The molecule has 100 valence electrons. The van der Waals surface area contributed by atoms with E-state index >= 15 is 0 Å². The lowest BCUT2D eigenvalue weighted by atomic mass is 10.3. The van der Waals surface area contributed by atoms with Gasteiger partial charge in [0.15, 0.2) is 5.69 Å². The minimum absolute atomic E-state index is 0.0472. The summed E-state index contributed by atoms with van der Waals surface area (Å²) < 4.78 is 0. The third kappa shape index (κ3) is 3.21. The lowest BCUT2D eigenvalue weighted by Gasteiger charge is -2.12. The zero-order valence-electron chi connectivity index (χ0n) is 10.3. The number of carboxylic acid groups (broad SMARTS) is 1. The SMILES string of the molecule is Cc1cnc(C(C)Nc2ccc(Cl)c(C(=O)O)n2)s1. The Hall–Kier alpha value is -1.66. The summed E-state index contributed by atoms with van der Waals surface area (Å²) >= 11 is 7.35. The smallest absolute Gasteiger partial charge is 0.356 e. The number of aromatic carboxylic acids is 1. The van der Waals surface area contributed by atoms with Crippen LogP contribution in [-0.4, -0.2) is 21.0 Å². The Labute approximate surface area is 119 Å². The molecule has 7 heteroatoms. The van der Waals surface area contributed by atoms with Gasteiger partial charge >= 0.3 is 5.97 Å². The molecule has 2 aromatic rings. The van der Waals surface area contributed by atoms with E-state index in [1.807, 2.05) is 13.8 Å². The van der Waals surface area contributed by atoms with Crippen molar-refractivity contribution in [1.82, 2.24) is 9.97 Å². The van der Waals surface area contributed by atoms with Crippen LogP contribution in [0.25, 0.3) is 0 Å². The second-order valence-corrected chi connectivity index (χ2v) is 5.68. The number of anilines is 1. The Balaban J connectivity index is 2.19. The summed E-state index contributed by atoms with van der Waals surface area (Å²) in [6.07, 6.45) is 1.80. The van der Waals surface area contributed by atoms with E-state index in [0.29, 0.717) is 5.82 Å². The maximum absolute atomic E-state index is 10.9. The Morgan fingerprint density at radius 1 is 1.53 bits per heavy atom. The van der Waals surface area contributed by atoms with E-state index in [0.717, 1.165) is 9.88 Å². The first-order chi connectivity index (χ1) is 8.97. The second kappa shape index (κ2) is 5.54. The molecule has 0 saturated carbocycles. The molecule has 1 unspecified atom stereocenters. The first kappa shape index (κ1) is 13.8. The van der Waals surface area contributed by atoms with Crippen molar-refractivity contribution in [3.8, 4) is 0 Å². The molecule has 5 nitrogen and oxygen atoms in total. The molecule has 2 heterocycles. The van der Waals surface area contributed by atoms with Crippen LogP contribution in [0.5, 0.6) is 0 Å². The predicted octanol–water partition coefficient (Wildman–Crippen LogP) is 3.37. The number of carboxylic acids is 1.